The third-order valence-electron chi connectivity index (χ3n) is 4.68. The predicted molar refractivity (Wildman–Crippen MR) is 105 cm³/mol. The molecule has 0 radical (unpaired) electrons. The average molecular weight is 382 g/mol. The highest BCUT2D eigenvalue weighted by molar-refractivity contribution is 5.81. The van der Waals surface area contributed by atoms with Gasteiger partial charge in [0.1, 0.15) is 18.3 Å². The Bertz CT molecular complexity index is 787. The predicted octanol–water partition coefficient (Wildman–Crippen LogP) is 4.36. The van der Waals surface area contributed by atoms with Crippen LogP contribution in [0.2, 0.25) is 0 Å². The lowest BCUT2D eigenvalue weighted by Gasteiger charge is -2.30. The highest BCUT2D eigenvalue weighted by atomic mass is 16.8. The van der Waals surface area contributed by atoms with E-state index in [1.165, 1.54) is 0 Å². The van der Waals surface area contributed by atoms with E-state index in [-0.39, 0.29) is 6.10 Å². The normalized spacial score (nSPS) is 23.0. The van der Waals surface area contributed by atoms with Gasteiger partial charge in [-0.2, -0.15) is 0 Å². The summed E-state index contributed by atoms with van der Waals surface area (Å²) < 4.78 is 23.9. The first kappa shape index (κ1) is 20.3. The van der Waals surface area contributed by atoms with Gasteiger partial charge in [0.15, 0.2) is 11.9 Å². The Hall–Kier alpha value is -2.47. The third-order valence-corrected chi connectivity index (χ3v) is 4.68. The highest BCUT2D eigenvalue weighted by Gasteiger charge is 2.50. The Morgan fingerprint density at radius 2 is 1.43 bits per heavy atom. The molecule has 2 aromatic carbocycles. The van der Waals surface area contributed by atoms with E-state index in [9.17, 15) is 4.79 Å². The minimum absolute atomic E-state index is 0.387. The van der Waals surface area contributed by atoms with Crippen LogP contribution in [0.1, 0.15) is 37.2 Å². The smallest absolute Gasteiger partial charge is 0.330 e. The number of carbonyl (C=O) groups excluding carboxylic acids is 1. The summed E-state index contributed by atoms with van der Waals surface area (Å²) in [4.78, 5) is 12.1. The first-order chi connectivity index (χ1) is 13.4. The monoisotopic (exact) mass is 382 g/mol. The van der Waals surface area contributed by atoms with Crippen LogP contribution in [0.3, 0.4) is 0 Å². The minimum Gasteiger partial charge on any atom is -0.451 e. The number of carbonyl (C=O) groups is 1. The summed E-state index contributed by atoms with van der Waals surface area (Å²) in [6.07, 6.45) is -0.949. The van der Waals surface area contributed by atoms with Crippen LogP contribution in [0, 0.1) is 0 Å². The molecule has 4 atom stereocenters. The summed E-state index contributed by atoms with van der Waals surface area (Å²) in [6.45, 7) is 7.19. The van der Waals surface area contributed by atoms with E-state index in [4.69, 9.17) is 18.9 Å². The lowest BCUT2D eigenvalue weighted by Crippen LogP contribution is -2.37. The Balaban J connectivity index is 2.00. The molecule has 2 aromatic rings. The summed E-state index contributed by atoms with van der Waals surface area (Å²) >= 11 is 0. The fourth-order valence-corrected chi connectivity index (χ4v) is 3.53. The molecule has 3 rings (SSSR count). The van der Waals surface area contributed by atoms with E-state index >= 15 is 0 Å². The van der Waals surface area contributed by atoms with E-state index in [0.29, 0.717) is 0 Å². The fraction of sp³-hybridized carbons (Fsp3) is 0.348. The fourth-order valence-electron chi connectivity index (χ4n) is 3.53. The molecule has 1 saturated heterocycles. The summed E-state index contributed by atoms with van der Waals surface area (Å²) in [5.74, 6) is -1.37. The molecule has 5 nitrogen and oxygen atoms in total. The number of hydrogen-bond donors (Lipinski definition) is 0. The molecular weight excluding hydrogens is 356 g/mol. The van der Waals surface area contributed by atoms with E-state index < -0.39 is 30.1 Å². The Morgan fingerprint density at radius 1 is 0.964 bits per heavy atom. The number of hydrogen-bond acceptors (Lipinski definition) is 5. The zero-order valence-corrected chi connectivity index (χ0v) is 16.4. The Kier molecular flexibility index (Phi) is 6.29. The summed E-state index contributed by atoms with van der Waals surface area (Å²) in [6, 6.07) is 19.3. The molecule has 0 saturated carbocycles. The highest BCUT2D eigenvalue weighted by Crippen LogP contribution is 2.43. The van der Waals surface area contributed by atoms with Gasteiger partial charge in [-0.25, -0.2) is 4.79 Å². The molecule has 1 heterocycles. The molecule has 1 aliphatic rings. The van der Waals surface area contributed by atoms with Gasteiger partial charge in [-0.1, -0.05) is 67.2 Å². The van der Waals surface area contributed by atoms with Crippen LogP contribution in [0.25, 0.3) is 0 Å². The van der Waals surface area contributed by atoms with Crippen molar-refractivity contribution in [2.24, 2.45) is 0 Å². The van der Waals surface area contributed by atoms with Gasteiger partial charge < -0.3 is 18.9 Å². The van der Waals surface area contributed by atoms with Crippen molar-refractivity contribution in [1.29, 1.82) is 0 Å². The number of benzene rings is 2. The number of ether oxygens (including phenoxy) is 4. The molecule has 0 aromatic heterocycles. The molecule has 148 valence electrons. The van der Waals surface area contributed by atoms with Gasteiger partial charge in [-0.15, -0.1) is 0 Å². The standard InChI is InChI=1S/C23H26O5/c1-5-18(24)26-20(17-14-10-7-11-15-17)22-21(27-23(2,3)28-22)19(25-4)16-12-8-6-9-13-16/h5-15,19-22H,1H2,2-4H3/t19?,20-,21?,22+/m1/s1. The zero-order chi connectivity index (χ0) is 20.1. The summed E-state index contributed by atoms with van der Waals surface area (Å²) in [7, 11) is 1.64. The van der Waals surface area contributed by atoms with Crippen LogP contribution in [0.5, 0.6) is 0 Å². The van der Waals surface area contributed by atoms with E-state index in [1.54, 1.807) is 7.11 Å². The van der Waals surface area contributed by atoms with Crippen molar-refractivity contribution < 1.29 is 23.7 Å². The SMILES string of the molecule is C=CC(=O)O[C@H](c1ccccc1)[C@@H]1OC(C)(C)OC1C(OC)c1ccccc1. The minimum atomic E-state index is -0.853. The van der Waals surface area contributed by atoms with Crippen molar-refractivity contribution in [2.75, 3.05) is 7.11 Å². The van der Waals surface area contributed by atoms with Crippen molar-refractivity contribution in [3.63, 3.8) is 0 Å². The molecule has 1 aliphatic heterocycles. The Labute approximate surface area is 165 Å². The average Bonchev–Trinajstić information content (AvgIpc) is 3.03. The maximum Gasteiger partial charge on any atom is 0.330 e. The maximum atomic E-state index is 12.1. The molecular formula is C23H26O5. The van der Waals surface area contributed by atoms with Crippen molar-refractivity contribution in [3.8, 4) is 0 Å². The van der Waals surface area contributed by atoms with Crippen LogP contribution in [0.4, 0.5) is 0 Å². The molecule has 0 bridgehead atoms. The van der Waals surface area contributed by atoms with Gasteiger partial charge in [-0.3, -0.25) is 0 Å². The maximum absolute atomic E-state index is 12.1. The quantitative estimate of drug-likeness (QED) is 0.526. The van der Waals surface area contributed by atoms with E-state index in [2.05, 4.69) is 6.58 Å². The zero-order valence-electron chi connectivity index (χ0n) is 16.4. The van der Waals surface area contributed by atoms with Gasteiger partial charge >= 0.3 is 5.97 Å². The molecule has 0 aliphatic carbocycles. The number of esters is 1. The van der Waals surface area contributed by atoms with Gasteiger partial charge in [0.2, 0.25) is 0 Å². The second kappa shape index (κ2) is 8.69. The van der Waals surface area contributed by atoms with Gasteiger partial charge in [-0.05, 0) is 25.0 Å². The molecule has 5 heteroatoms. The van der Waals surface area contributed by atoms with Gasteiger partial charge in [0, 0.05) is 13.2 Å². The van der Waals surface area contributed by atoms with Gasteiger partial charge in [0.05, 0.1) is 0 Å². The van der Waals surface area contributed by atoms with Crippen molar-refractivity contribution in [2.45, 2.75) is 44.1 Å². The van der Waals surface area contributed by atoms with Crippen LogP contribution >= 0.6 is 0 Å². The van der Waals surface area contributed by atoms with Crippen LogP contribution in [-0.2, 0) is 23.7 Å². The van der Waals surface area contributed by atoms with E-state index in [0.717, 1.165) is 17.2 Å². The molecule has 0 N–H and O–H groups in total. The lowest BCUT2D eigenvalue weighted by molar-refractivity contribution is -0.170. The number of methoxy groups -OCH3 is 1. The molecule has 2 unspecified atom stereocenters. The van der Waals surface area contributed by atoms with Gasteiger partial charge in [0.25, 0.3) is 0 Å². The number of rotatable bonds is 7. The second-order valence-corrected chi connectivity index (χ2v) is 7.10. The second-order valence-electron chi connectivity index (χ2n) is 7.10. The Morgan fingerprint density at radius 3 is 1.89 bits per heavy atom. The first-order valence-electron chi connectivity index (χ1n) is 9.26. The lowest BCUT2D eigenvalue weighted by atomic mass is 9.93. The molecule has 0 spiro atoms. The largest absolute Gasteiger partial charge is 0.451 e. The summed E-state index contributed by atoms with van der Waals surface area (Å²) in [5.41, 5.74) is 1.78. The van der Waals surface area contributed by atoms with Crippen molar-refractivity contribution in [1.82, 2.24) is 0 Å². The third kappa shape index (κ3) is 4.50. The molecule has 28 heavy (non-hydrogen) atoms. The molecule has 1 fully saturated rings. The topological polar surface area (TPSA) is 54.0 Å². The van der Waals surface area contributed by atoms with Crippen LogP contribution in [-0.4, -0.2) is 31.1 Å². The molecule has 0 amide bonds. The summed E-state index contributed by atoms with van der Waals surface area (Å²) in [5, 5.41) is 0. The van der Waals surface area contributed by atoms with E-state index in [1.807, 2.05) is 74.5 Å². The van der Waals surface area contributed by atoms with Crippen molar-refractivity contribution in [3.05, 3.63) is 84.4 Å². The van der Waals surface area contributed by atoms with Crippen LogP contribution < -0.4 is 0 Å². The first-order valence-corrected chi connectivity index (χ1v) is 9.26. The van der Waals surface area contributed by atoms with Crippen molar-refractivity contribution >= 4 is 5.97 Å². The van der Waals surface area contributed by atoms with Crippen LogP contribution in [0.15, 0.2) is 73.3 Å².